The monoisotopic (exact) mass is 1010 g/mol. The van der Waals surface area contributed by atoms with Crippen molar-refractivity contribution in [2.24, 2.45) is 0 Å². The highest BCUT2D eigenvalue weighted by atomic mass is 15.1. The van der Waals surface area contributed by atoms with Gasteiger partial charge in [-0.3, -0.25) is 0 Å². The first-order chi connectivity index (χ1) is 39.1. The maximum Gasteiger partial charge on any atom is 0.161 e. The molecule has 0 saturated heterocycles. The first-order valence-electron chi connectivity index (χ1n) is 26.2. The summed E-state index contributed by atoms with van der Waals surface area (Å²) in [6.07, 6.45) is 0. The Balaban J connectivity index is 0.844. The smallest absolute Gasteiger partial charge is 0.161 e. The minimum Gasteiger partial charge on any atom is -0.310 e. The van der Waals surface area contributed by atoms with Crippen molar-refractivity contribution < 1.29 is 0 Å². The number of hydrogen-bond donors (Lipinski definition) is 0. The van der Waals surface area contributed by atoms with Gasteiger partial charge in [0.15, 0.2) is 5.82 Å². The van der Waals surface area contributed by atoms with Gasteiger partial charge in [0.25, 0.3) is 0 Å². The fraction of sp³-hybridized carbons (Fsp3) is 0. The second-order valence-corrected chi connectivity index (χ2v) is 19.2. The number of para-hydroxylation sites is 4. The van der Waals surface area contributed by atoms with E-state index in [0.29, 0.717) is 39.5 Å². The lowest BCUT2D eigenvalue weighted by Gasteiger charge is -2.26. The Morgan fingerprint density at radius 2 is 0.658 bits per heavy atom. The van der Waals surface area contributed by atoms with Gasteiger partial charge in [0.2, 0.25) is 0 Å². The van der Waals surface area contributed by atoms with Gasteiger partial charge in [0, 0.05) is 67.3 Å². The summed E-state index contributed by atoms with van der Waals surface area (Å²) < 4.78 is 2.39. The van der Waals surface area contributed by atoms with Crippen LogP contribution in [0.4, 0.5) is 34.1 Å². The van der Waals surface area contributed by atoms with Crippen LogP contribution in [-0.4, -0.2) is 14.5 Å². The van der Waals surface area contributed by atoms with Crippen molar-refractivity contribution >= 4 is 55.9 Å². The number of anilines is 6. The zero-order valence-electron chi connectivity index (χ0n) is 42.8. The fourth-order valence-electron chi connectivity index (χ4n) is 10.7. The molecule has 0 bridgehead atoms. The van der Waals surface area contributed by atoms with Crippen LogP contribution in [0.2, 0.25) is 0 Å². The van der Waals surface area contributed by atoms with Crippen LogP contribution >= 0.6 is 0 Å². The predicted octanol–water partition coefficient (Wildman–Crippen LogP) is 18.6. The van der Waals surface area contributed by atoms with Crippen LogP contribution < -0.4 is 9.80 Å². The third-order valence-electron chi connectivity index (χ3n) is 14.5. The van der Waals surface area contributed by atoms with E-state index >= 15 is 0 Å². The molecule has 0 aliphatic rings. The summed E-state index contributed by atoms with van der Waals surface area (Å²) in [4.78, 5) is 14.5. The maximum atomic E-state index is 9.97. The summed E-state index contributed by atoms with van der Waals surface area (Å²) >= 11 is 0. The Labute approximate surface area is 458 Å². The van der Waals surface area contributed by atoms with Crippen molar-refractivity contribution in [3.05, 3.63) is 296 Å². The average molecular weight is 1010 g/mol. The molecule has 0 aliphatic heterocycles. The van der Waals surface area contributed by atoms with Gasteiger partial charge in [-0.15, -0.1) is 0 Å². The van der Waals surface area contributed by atoms with E-state index in [9.17, 15) is 10.5 Å². The molecule has 0 unspecified atom stereocenters. The van der Waals surface area contributed by atoms with Crippen molar-refractivity contribution in [2.75, 3.05) is 9.80 Å². The van der Waals surface area contributed by atoms with Crippen LogP contribution in [-0.2, 0) is 0 Å². The Kier molecular flexibility index (Phi) is 12.6. The largest absolute Gasteiger partial charge is 0.310 e. The van der Waals surface area contributed by atoms with Crippen molar-refractivity contribution in [1.82, 2.24) is 14.5 Å². The highest BCUT2D eigenvalue weighted by Crippen LogP contribution is 2.43. The minimum atomic E-state index is 0.424. The number of nitrogens with zero attached hydrogens (tertiary/aromatic N) is 7. The van der Waals surface area contributed by atoms with Gasteiger partial charge in [-0.1, -0.05) is 164 Å². The average Bonchev–Trinajstić information content (AvgIpc) is 3.92. The van der Waals surface area contributed by atoms with E-state index in [-0.39, 0.29) is 0 Å². The molecule has 0 atom stereocenters. The standard InChI is InChI=1S/C72H47N7/c73-48-55-17-13-15-27-64(55)69-47-68(75-72(76-69)65-28-16-14-18-56(65)49-74)54-35-33-52(34-36-54)50-29-31-51(32-30-50)53-37-39-61(40-38-53)79-70-43-41-62(77(57-19-5-1-6-20-57)58-21-7-2-8-22-58)45-66(70)67-46-63(42-44-71(67)79)78(59-23-9-3-10-24-59)60-25-11-4-12-26-60/h1-47H. The Hall–Kier alpha value is -11.1. The number of benzene rings is 11. The maximum absolute atomic E-state index is 9.97. The molecule has 11 aromatic carbocycles. The molecule has 0 aliphatic carbocycles. The Bertz CT molecular complexity index is 4120. The van der Waals surface area contributed by atoms with Gasteiger partial charge in [0.05, 0.1) is 45.7 Å². The highest BCUT2D eigenvalue weighted by molar-refractivity contribution is 6.12. The van der Waals surface area contributed by atoms with Gasteiger partial charge in [-0.2, -0.15) is 10.5 Å². The molecule has 0 amide bonds. The molecule has 0 radical (unpaired) electrons. The molecule has 79 heavy (non-hydrogen) atoms. The molecule has 13 aromatic rings. The van der Waals surface area contributed by atoms with E-state index in [1.807, 2.05) is 42.5 Å². The summed E-state index contributed by atoms with van der Waals surface area (Å²) in [5.41, 5.74) is 18.7. The molecule has 7 nitrogen and oxygen atoms in total. The molecule has 7 heteroatoms. The lowest BCUT2D eigenvalue weighted by atomic mass is 9.98. The SMILES string of the molecule is N#Cc1ccccc1-c1cc(-c2ccc(-c3ccc(-c4ccc(-n5c6ccc(N(c7ccccc7)c7ccccc7)cc6c6cc(N(c7ccccc7)c7ccccc7)ccc65)cc4)cc3)cc2)nc(-c2ccccc2C#N)n1. The van der Waals surface area contributed by atoms with E-state index in [1.165, 1.54) is 0 Å². The zero-order valence-corrected chi connectivity index (χ0v) is 42.8. The van der Waals surface area contributed by atoms with Crippen molar-refractivity contribution in [2.45, 2.75) is 0 Å². The van der Waals surface area contributed by atoms with Crippen LogP contribution in [0.5, 0.6) is 0 Å². The molecule has 13 rings (SSSR count). The molecular weight excluding hydrogens is 963 g/mol. The first-order valence-corrected chi connectivity index (χ1v) is 26.2. The minimum absolute atomic E-state index is 0.424. The van der Waals surface area contributed by atoms with Gasteiger partial charge in [0.1, 0.15) is 0 Å². The predicted molar refractivity (Wildman–Crippen MR) is 322 cm³/mol. The van der Waals surface area contributed by atoms with Crippen LogP contribution in [0.1, 0.15) is 11.1 Å². The number of fused-ring (bicyclic) bond motifs is 3. The molecule has 2 aromatic heterocycles. The van der Waals surface area contributed by atoms with Gasteiger partial charge >= 0.3 is 0 Å². The van der Waals surface area contributed by atoms with Crippen molar-refractivity contribution in [1.29, 1.82) is 10.5 Å². The Morgan fingerprint density at radius 3 is 1.09 bits per heavy atom. The molecule has 0 saturated carbocycles. The molecule has 370 valence electrons. The van der Waals surface area contributed by atoms with E-state index in [0.717, 1.165) is 89.4 Å². The molecule has 2 heterocycles. The fourth-order valence-corrected chi connectivity index (χ4v) is 10.7. The number of rotatable bonds is 12. The summed E-state index contributed by atoms with van der Waals surface area (Å²) in [6, 6.07) is 103. The lowest BCUT2D eigenvalue weighted by Crippen LogP contribution is -2.09. The van der Waals surface area contributed by atoms with Gasteiger partial charge in [-0.05, 0) is 144 Å². The van der Waals surface area contributed by atoms with E-state index in [1.54, 1.807) is 12.1 Å². The van der Waals surface area contributed by atoms with Gasteiger partial charge in [-0.25, -0.2) is 9.97 Å². The topological polar surface area (TPSA) is 84.8 Å². The van der Waals surface area contributed by atoms with E-state index < -0.39 is 0 Å². The quantitative estimate of drug-likeness (QED) is 0.121. The molecular formula is C72H47N7. The second kappa shape index (κ2) is 20.9. The molecule has 0 spiro atoms. The molecule has 0 fully saturated rings. The lowest BCUT2D eigenvalue weighted by molar-refractivity contribution is 1.18. The summed E-state index contributed by atoms with van der Waals surface area (Å²) in [5, 5.41) is 22.2. The summed E-state index contributed by atoms with van der Waals surface area (Å²) in [6.45, 7) is 0. The van der Waals surface area contributed by atoms with E-state index in [4.69, 9.17) is 9.97 Å². The summed E-state index contributed by atoms with van der Waals surface area (Å²) in [7, 11) is 0. The number of hydrogen-bond acceptors (Lipinski definition) is 6. The zero-order chi connectivity index (χ0) is 53.1. The van der Waals surface area contributed by atoms with Crippen LogP contribution in [0.25, 0.3) is 83.6 Å². The van der Waals surface area contributed by atoms with E-state index in [2.05, 4.69) is 257 Å². The highest BCUT2D eigenvalue weighted by Gasteiger charge is 2.21. The van der Waals surface area contributed by atoms with Crippen molar-refractivity contribution in [3.8, 4) is 74.0 Å². The molecule has 0 N–H and O–H groups in total. The number of nitriles is 2. The first kappa shape index (κ1) is 47.6. The van der Waals surface area contributed by atoms with Crippen LogP contribution in [0.15, 0.2) is 285 Å². The third-order valence-corrected chi connectivity index (χ3v) is 14.5. The summed E-state index contributed by atoms with van der Waals surface area (Å²) in [5.74, 6) is 0.424. The van der Waals surface area contributed by atoms with Crippen LogP contribution in [0, 0.1) is 22.7 Å². The van der Waals surface area contributed by atoms with Gasteiger partial charge < -0.3 is 14.4 Å². The van der Waals surface area contributed by atoms with Crippen LogP contribution in [0.3, 0.4) is 0 Å². The third kappa shape index (κ3) is 9.21. The Morgan fingerprint density at radius 1 is 0.304 bits per heavy atom. The number of aromatic nitrogens is 3. The second-order valence-electron chi connectivity index (χ2n) is 19.2. The normalized spacial score (nSPS) is 11.0. The van der Waals surface area contributed by atoms with Crippen molar-refractivity contribution in [3.63, 3.8) is 0 Å².